The molecular formula is C54H38N6O. The third-order valence-corrected chi connectivity index (χ3v) is 10.6. The Balaban J connectivity index is 1.16. The number of nitriles is 2. The van der Waals surface area contributed by atoms with E-state index in [1.807, 2.05) is 97.2 Å². The molecule has 7 aromatic carbocycles. The highest BCUT2D eigenvalue weighted by Crippen LogP contribution is 2.38. The van der Waals surface area contributed by atoms with Crippen LogP contribution >= 0.6 is 0 Å². The highest BCUT2D eigenvalue weighted by molar-refractivity contribution is 6.09. The Labute approximate surface area is 365 Å². The van der Waals surface area contributed by atoms with Gasteiger partial charge in [0.1, 0.15) is 17.3 Å². The first-order valence-electron chi connectivity index (χ1n) is 23.5. The second-order valence-electron chi connectivity index (χ2n) is 15.5. The Kier molecular flexibility index (Phi) is 7.06. The van der Waals surface area contributed by atoms with Crippen molar-refractivity contribution in [1.29, 1.82) is 10.5 Å². The number of aromatic nitrogens is 4. The standard InChI is InChI=1S/C54H38N6O/c1-54(2,3)40-26-27-57-52(30-40)60-48-21-5-4-18-46(48)47-25-24-43(32-51(47)60)61-42-17-10-16-41(31-42)58-35-59(50-23-7-6-22-49(50)58)53-44(38-14-8-12-36(28-38)33-55)19-11-20-45(53)39-15-9-13-37(29-39)34-56/h4-32H,1-3H3/i8D,9D,12D,13D,14D,15D,28D,29D. The van der Waals surface area contributed by atoms with Gasteiger partial charge in [-0.25, -0.2) is 4.98 Å². The third kappa shape index (κ3) is 6.65. The zero-order valence-electron chi connectivity index (χ0n) is 41.2. The maximum absolute atomic E-state index is 10.1. The molecular weight excluding hydrogens is 749 g/mol. The molecule has 0 radical (unpaired) electrons. The van der Waals surface area contributed by atoms with Crippen molar-refractivity contribution in [2.24, 2.45) is 0 Å². The van der Waals surface area contributed by atoms with Crippen LogP contribution in [0.4, 0.5) is 0 Å². The van der Waals surface area contributed by atoms with Gasteiger partial charge in [0.25, 0.3) is 6.33 Å². The quantitative estimate of drug-likeness (QED) is 0.119. The predicted molar refractivity (Wildman–Crippen MR) is 241 cm³/mol. The fraction of sp³-hybridized carbons (Fsp3) is 0.0741. The molecule has 0 aliphatic rings. The molecule has 0 saturated carbocycles. The van der Waals surface area contributed by atoms with Crippen LogP contribution in [0, 0.1) is 29.0 Å². The topological polar surface area (TPSA) is 83.4 Å². The molecule has 0 saturated heterocycles. The minimum absolute atomic E-state index is 0.0938. The van der Waals surface area contributed by atoms with E-state index in [1.54, 1.807) is 33.4 Å². The van der Waals surface area contributed by atoms with E-state index in [-0.39, 0.29) is 33.4 Å². The van der Waals surface area contributed by atoms with Crippen LogP contribution in [0.15, 0.2) is 176 Å². The lowest BCUT2D eigenvalue weighted by Gasteiger charge is -2.20. The second kappa shape index (κ2) is 14.8. The summed E-state index contributed by atoms with van der Waals surface area (Å²) in [5, 5.41) is 22.2. The van der Waals surface area contributed by atoms with Gasteiger partial charge < -0.3 is 4.74 Å². The van der Waals surface area contributed by atoms with Gasteiger partial charge in [-0.1, -0.05) is 112 Å². The average Bonchev–Trinajstić information content (AvgIpc) is 3.89. The van der Waals surface area contributed by atoms with Crippen molar-refractivity contribution >= 4 is 32.8 Å². The molecule has 290 valence electrons. The molecule has 61 heavy (non-hydrogen) atoms. The summed E-state index contributed by atoms with van der Waals surface area (Å²) in [7, 11) is 0. The monoisotopic (exact) mass is 794 g/mol. The van der Waals surface area contributed by atoms with Crippen LogP contribution in [0.3, 0.4) is 0 Å². The summed E-state index contributed by atoms with van der Waals surface area (Å²) in [6, 6.07) is 37.2. The molecule has 7 heteroatoms. The minimum atomic E-state index is -0.574. The lowest BCUT2D eigenvalue weighted by molar-refractivity contribution is -0.571. The summed E-state index contributed by atoms with van der Waals surface area (Å²) in [5.74, 6) is 1.87. The fourth-order valence-corrected chi connectivity index (χ4v) is 7.76. The lowest BCUT2D eigenvalue weighted by atomic mass is 9.88. The van der Waals surface area contributed by atoms with E-state index >= 15 is 0 Å². The summed E-state index contributed by atoms with van der Waals surface area (Å²) in [6.07, 6.45) is 5.27. The van der Waals surface area contributed by atoms with Gasteiger partial charge in [0.05, 0.1) is 67.7 Å². The van der Waals surface area contributed by atoms with Gasteiger partial charge in [-0.3, -0.25) is 13.7 Å². The summed E-state index contributed by atoms with van der Waals surface area (Å²) < 4.78 is 82.6. The van der Waals surface area contributed by atoms with Crippen molar-refractivity contribution in [2.45, 2.75) is 26.2 Å². The molecule has 3 heterocycles. The number of ether oxygens (including phenoxy) is 1. The summed E-state index contributed by atoms with van der Waals surface area (Å²) in [6.45, 7) is 6.52. The van der Waals surface area contributed by atoms with E-state index < -0.39 is 59.5 Å². The van der Waals surface area contributed by atoms with E-state index in [2.05, 4.69) is 49.9 Å². The van der Waals surface area contributed by atoms with Gasteiger partial charge in [0.2, 0.25) is 0 Å². The van der Waals surface area contributed by atoms with Crippen LogP contribution in [0.1, 0.15) is 48.4 Å². The predicted octanol–water partition coefficient (Wildman–Crippen LogP) is 12.4. The molecule has 0 unspecified atom stereocenters. The molecule has 3 aromatic heterocycles. The summed E-state index contributed by atoms with van der Waals surface area (Å²) in [4.78, 5) is 4.81. The molecule has 0 aliphatic heterocycles. The SMILES string of the molecule is [2H]c1c([2H])c(C#N)c([2H])c(-c2cccc(-c3c([2H])c([2H])c([2H])c(C#N)c3[2H])c2-[n+]2[c-]n(-c3cccc(Oc4ccc5c6ccccc6n(-c6cc(C(C)(C)C)ccn6)c5c4)c3)c3ccccc32)c1[2H]. The molecule has 10 aromatic rings. The van der Waals surface area contributed by atoms with Crippen molar-refractivity contribution in [2.75, 3.05) is 0 Å². The van der Waals surface area contributed by atoms with Crippen molar-refractivity contribution < 1.29 is 20.3 Å². The van der Waals surface area contributed by atoms with E-state index in [9.17, 15) is 10.5 Å². The first-order chi connectivity index (χ1) is 33.1. The number of nitrogens with zero attached hydrogens (tertiary/aromatic N) is 6. The van der Waals surface area contributed by atoms with Gasteiger partial charge >= 0.3 is 0 Å². The molecule has 7 nitrogen and oxygen atoms in total. The van der Waals surface area contributed by atoms with Gasteiger partial charge in [-0.15, -0.1) is 0 Å². The largest absolute Gasteiger partial charge is 0.458 e. The number of hydrogen-bond acceptors (Lipinski definition) is 4. The second-order valence-corrected chi connectivity index (χ2v) is 15.5. The molecule has 0 spiro atoms. The first kappa shape index (κ1) is 29.0. The number of imidazole rings is 1. The van der Waals surface area contributed by atoms with Crippen LogP contribution < -0.4 is 9.30 Å². The minimum Gasteiger partial charge on any atom is -0.458 e. The van der Waals surface area contributed by atoms with Crippen LogP contribution in [0.5, 0.6) is 11.5 Å². The van der Waals surface area contributed by atoms with Crippen molar-refractivity contribution in [3.63, 3.8) is 0 Å². The van der Waals surface area contributed by atoms with Crippen molar-refractivity contribution in [3.05, 3.63) is 199 Å². The number of fused-ring (bicyclic) bond motifs is 4. The van der Waals surface area contributed by atoms with Crippen LogP contribution in [0.25, 0.3) is 72.3 Å². The molecule has 0 aliphatic carbocycles. The molecule has 0 bridgehead atoms. The number of para-hydroxylation sites is 4. The normalized spacial score (nSPS) is 13.3. The highest BCUT2D eigenvalue weighted by atomic mass is 16.5. The smallest absolute Gasteiger partial charge is 0.269 e. The molecule has 0 N–H and O–H groups in total. The van der Waals surface area contributed by atoms with Gasteiger partial charge in [-0.05, 0) is 106 Å². The van der Waals surface area contributed by atoms with Crippen LogP contribution in [-0.4, -0.2) is 14.1 Å². The maximum Gasteiger partial charge on any atom is 0.269 e. The number of hydrogen-bond donors (Lipinski definition) is 0. The first-order valence-corrected chi connectivity index (χ1v) is 19.5. The average molecular weight is 795 g/mol. The van der Waals surface area contributed by atoms with Gasteiger partial charge in [0.15, 0.2) is 0 Å². The molecule has 10 rings (SSSR count). The van der Waals surface area contributed by atoms with Crippen molar-refractivity contribution in [3.8, 4) is 63.1 Å². The third-order valence-electron chi connectivity index (χ3n) is 10.6. The Morgan fingerprint density at radius 3 is 2.05 bits per heavy atom. The van der Waals surface area contributed by atoms with Crippen LogP contribution in [-0.2, 0) is 5.41 Å². The molecule has 0 atom stereocenters. The summed E-state index contributed by atoms with van der Waals surface area (Å²) >= 11 is 0. The van der Waals surface area contributed by atoms with Crippen LogP contribution in [0.2, 0.25) is 0 Å². The van der Waals surface area contributed by atoms with Crippen molar-refractivity contribution in [1.82, 2.24) is 14.1 Å². The zero-order valence-corrected chi connectivity index (χ0v) is 33.2. The molecule has 0 amide bonds. The van der Waals surface area contributed by atoms with E-state index in [4.69, 9.17) is 20.7 Å². The number of rotatable bonds is 7. The Hall–Kier alpha value is -8.26. The van der Waals surface area contributed by atoms with E-state index in [0.29, 0.717) is 28.2 Å². The summed E-state index contributed by atoms with van der Waals surface area (Å²) in [5.41, 5.74) is 4.00. The Bertz CT molecular complexity index is 3800. The molecule has 0 fully saturated rings. The Morgan fingerprint density at radius 2 is 1.33 bits per heavy atom. The van der Waals surface area contributed by atoms with Gasteiger partial charge in [0, 0.05) is 23.0 Å². The van der Waals surface area contributed by atoms with Gasteiger partial charge in [-0.2, -0.15) is 10.5 Å². The Morgan fingerprint density at radius 1 is 0.672 bits per heavy atom. The lowest BCUT2D eigenvalue weighted by Crippen LogP contribution is -2.31. The maximum atomic E-state index is 10.1. The number of benzene rings is 7. The van der Waals surface area contributed by atoms with E-state index in [0.717, 1.165) is 33.2 Å². The zero-order chi connectivity index (χ0) is 48.6. The number of pyridine rings is 1. The van der Waals surface area contributed by atoms with E-state index in [1.165, 1.54) is 0 Å². The fourth-order valence-electron chi connectivity index (χ4n) is 7.76. The highest BCUT2D eigenvalue weighted by Gasteiger charge is 2.21.